The van der Waals surface area contributed by atoms with E-state index in [0.717, 1.165) is 11.4 Å². The van der Waals surface area contributed by atoms with Crippen LogP contribution in [0.3, 0.4) is 0 Å². The molecule has 1 aromatic heterocycles. The summed E-state index contributed by atoms with van der Waals surface area (Å²) in [6.45, 7) is 0. The van der Waals surface area contributed by atoms with Crippen LogP contribution in [-0.4, -0.2) is 30.0 Å². The predicted octanol–water partition coefficient (Wildman–Crippen LogP) is 1.30. The highest BCUT2D eigenvalue weighted by Crippen LogP contribution is 2.14. The van der Waals surface area contributed by atoms with Gasteiger partial charge in [0.15, 0.2) is 0 Å². The Morgan fingerprint density at radius 3 is 2.32 bits per heavy atom. The van der Waals surface area contributed by atoms with Gasteiger partial charge in [-0.1, -0.05) is 0 Å². The van der Waals surface area contributed by atoms with Crippen LogP contribution in [0.15, 0.2) is 43.0 Å². The molecule has 0 spiro atoms. The fraction of sp³-hybridized carbons (Fsp3) is 0.154. The number of nitrogens with one attached hydrogen (secondary N) is 2. The largest absolute Gasteiger partial charge is 0.378 e. The lowest BCUT2D eigenvalue weighted by atomic mass is 10.3. The van der Waals surface area contributed by atoms with Gasteiger partial charge < -0.3 is 4.90 Å². The van der Waals surface area contributed by atoms with Gasteiger partial charge in [0, 0.05) is 32.2 Å². The van der Waals surface area contributed by atoms with Crippen molar-refractivity contribution in [2.24, 2.45) is 0 Å². The molecule has 2 rings (SSSR count). The first-order chi connectivity index (χ1) is 9.16. The van der Waals surface area contributed by atoms with Crippen molar-refractivity contribution in [2.75, 3.05) is 24.4 Å². The average Bonchev–Trinajstić information content (AvgIpc) is 2.46. The second kappa shape index (κ2) is 5.81. The molecule has 0 atom stereocenters. The van der Waals surface area contributed by atoms with E-state index >= 15 is 0 Å². The maximum absolute atomic E-state index is 11.7. The van der Waals surface area contributed by atoms with Gasteiger partial charge >= 0.3 is 0 Å². The molecule has 2 N–H and O–H groups in total. The molecule has 1 amide bonds. The molecule has 0 radical (unpaired) electrons. The number of carbonyl (C=O) groups is 1. The van der Waals surface area contributed by atoms with Crippen molar-refractivity contribution in [3.8, 4) is 0 Å². The second-order valence-corrected chi connectivity index (χ2v) is 4.15. The van der Waals surface area contributed by atoms with Crippen LogP contribution in [0, 0.1) is 0 Å². The molecule has 2 aromatic rings. The molecule has 6 nitrogen and oxygen atoms in total. The van der Waals surface area contributed by atoms with Gasteiger partial charge in [0.1, 0.15) is 6.33 Å². The molecule has 0 aliphatic carbocycles. The average molecular weight is 257 g/mol. The molecule has 98 valence electrons. The van der Waals surface area contributed by atoms with Crippen LogP contribution in [0.25, 0.3) is 0 Å². The first-order valence-corrected chi connectivity index (χ1v) is 5.75. The third-order valence-electron chi connectivity index (χ3n) is 2.53. The lowest BCUT2D eigenvalue weighted by Gasteiger charge is -2.13. The normalized spacial score (nSPS) is 9.79. The minimum Gasteiger partial charge on any atom is -0.378 e. The van der Waals surface area contributed by atoms with Crippen LogP contribution >= 0.6 is 0 Å². The maximum Gasteiger partial charge on any atom is 0.272 e. The fourth-order valence-electron chi connectivity index (χ4n) is 1.46. The van der Waals surface area contributed by atoms with Crippen LogP contribution < -0.4 is 15.8 Å². The van der Waals surface area contributed by atoms with Crippen molar-refractivity contribution in [1.82, 2.24) is 15.4 Å². The van der Waals surface area contributed by atoms with Crippen LogP contribution in [0.5, 0.6) is 0 Å². The summed E-state index contributed by atoms with van der Waals surface area (Å²) in [6, 6.07) is 7.69. The molecule has 0 saturated carbocycles. The van der Waals surface area contributed by atoms with Crippen LogP contribution in [0.1, 0.15) is 10.4 Å². The number of amides is 1. The highest BCUT2D eigenvalue weighted by atomic mass is 16.2. The summed E-state index contributed by atoms with van der Waals surface area (Å²) in [7, 11) is 3.94. The van der Waals surface area contributed by atoms with Gasteiger partial charge in [-0.3, -0.25) is 15.6 Å². The quantitative estimate of drug-likeness (QED) is 0.808. The van der Waals surface area contributed by atoms with Gasteiger partial charge in [0.25, 0.3) is 5.91 Å². The van der Waals surface area contributed by atoms with E-state index in [2.05, 4.69) is 20.8 Å². The molecule has 1 aromatic carbocycles. The zero-order chi connectivity index (χ0) is 13.7. The number of rotatable bonds is 4. The topological polar surface area (TPSA) is 70.2 Å². The van der Waals surface area contributed by atoms with Crippen molar-refractivity contribution in [2.45, 2.75) is 0 Å². The van der Waals surface area contributed by atoms with E-state index in [1.54, 1.807) is 0 Å². The number of anilines is 2. The summed E-state index contributed by atoms with van der Waals surface area (Å²) in [5.41, 5.74) is 7.71. The van der Waals surface area contributed by atoms with Crippen molar-refractivity contribution in [3.63, 3.8) is 0 Å². The summed E-state index contributed by atoms with van der Waals surface area (Å²) < 4.78 is 0. The Kier molecular flexibility index (Phi) is 3.92. The van der Waals surface area contributed by atoms with E-state index in [9.17, 15) is 4.79 Å². The summed E-state index contributed by atoms with van der Waals surface area (Å²) >= 11 is 0. The van der Waals surface area contributed by atoms with Gasteiger partial charge in [-0.2, -0.15) is 0 Å². The SMILES string of the molecule is CN(C)c1ccc(NNC(=O)c2cncnc2)cc1. The monoisotopic (exact) mass is 257 g/mol. The van der Waals surface area contributed by atoms with E-state index in [1.807, 2.05) is 43.3 Å². The van der Waals surface area contributed by atoms with Crippen LogP contribution in [-0.2, 0) is 0 Å². The Bertz CT molecular complexity index is 539. The van der Waals surface area contributed by atoms with E-state index in [0.29, 0.717) is 5.56 Å². The molecule has 0 aliphatic heterocycles. The van der Waals surface area contributed by atoms with Crippen molar-refractivity contribution in [3.05, 3.63) is 48.5 Å². The molecule has 0 saturated heterocycles. The third kappa shape index (κ3) is 3.41. The smallest absolute Gasteiger partial charge is 0.272 e. The molecule has 0 unspecified atom stereocenters. The third-order valence-corrected chi connectivity index (χ3v) is 2.53. The van der Waals surface area contributed by atoms with E-state index in [4.69, 9.17) is 0 Å². The molecule has 0 fully saturated rings. The van der Waals surface area contributed by atoms with E-state index < -0.39 is 0 Å². The van der Waals surface area contributed by atoms with Gasteiger partial charge in [-0.15, -0.1) is 0 Å². The Hall–Kier alpha value is -2.63. The lowest BCUT2D eigenvalue weighted by molar-refractivity contribution is 0.0962. The number of aromatic nitrogens is 2. The Balaban J connectivity index is 1.94. The molecule has 6 heteroatoms. The zero-order valence-corrected chi connectivity index (χ0v) is 10.8. The van der Waals surface area contributed by atoms with Crippen molar-refractivity contribution >= 4 is 17.3 Å². The van der Waals surface area contributed by atoms with Gasteiger partial charge in [0.05, 0.1) is 11.3 Å². The lowest BCUT2D eigenvalue weighted by Crippen LogP contribution is -2.29. The molecular weight excluding hydrogens is 242 g/mol. The minimum absolute atomic E-state index is 0.280. The number of hydrogen-bond acceptors (Lipinski definition) is 5. The first kappa shape index (κ1) is 12.8. The molecule has 19 heavy (non-hydrogen) atoms. The molecule has 0 aliphatic rings. The number of benzene rings is 1. The van der Waals surface area contributed by atoms with Crippen LogP contribution in [0.4, 0.5) is 11.4 Å². The van der Waals surface area contributed by atoms with Crippen molar-refractivity contribution in [1.29, 1.82) is 0 Å². The van der Waals surface area contributed by atoms with Crippen molar-refractivity contribution < 1.29 is 4.79 Å². The van der Waals surface area contributed by atoms with E-state index in [1.165, 1.54) is 18.7 Å². The predicted molar refractivity (Wildman–Crippen MR) is 73.9 cm³/mol. The zero-order valence-electron chi connectivity index (χ0n) is 10.8. The number of hydrogen-bond donors (Lipinski definition) is 2. The Morgan fingerprint density at radius 2 is 1.74 bits per heavy atom. The molecule has 1 heterocycles. The maximum atomic E-state index is 11.7. The van der Waals surface area contributed by atoms with Crippen LogP contribution in [0.2, 0.25) is 0 Å². The number of hydrazine groups is 1. The second-order valence-electron chi connectivity index (χ2n) is 4.15. The fourth-order valence-corrected chi connectivity index (χ4v) is 1.46. The van der Waals surface area contributed by atoms with E-state index in [-0.39, 0.29) is 5.91 Å². The molecule has 0 bridgehead atoms. The van der Waals surface area contributed by atoms with Gasteiger partial charge in [-0.25, -0.2) is 9.97 Å². The number of carbonyl (C=O) groups excluding carboxylic acids is 1. The Morgan fingerprint density at radius 1 is 1.11 bits per heavy atom. The standard InChI is InChI=1S/C13H15N5O/c1-18(2)12-5-3-11(4-6-12)16-17-13(19)10-7-14-9-15-8-10/h3-9,16H,1-2H3,(H,17,19). The summed E-state index contributed by atoms with van der Waals surface area (Å²) in [5.74, 6) is -0.280. The summed E-state index contributed by atoms with van der Waals surface area (Å²) in [6.07, 6.45) is 4.29. The highest BCUT2D eigenvalue weighted by molar-refractivity contribution is 5.94. The Labute approximate surface area is 111 Å². The highest BCUT2D eigenvalue weighted by Gasteiger charge is 2.04. The van der Waals surface area contributed by atoms with Gasteiger partial charge in [0.2, 0.25) is 0 Å². The minimum atomic E-state index is -0.280. The van der Waals surface area contributed by atoms with Gasteiger partial charge in [-0.05, 0) is 24.3 Å². The summed E-state index contributed by atoms with van der Waals surface area (Å²) in [4.78, 5) is 21.3. The number of nitrogens with zero attached hydrogens (tertiary/aromatic N) is 3. The first-order valence-electron chi connectivity index (χ1n) is 5.75. The molecular formula is C13H15N5O. The summed E-state index contributed by atoms with van der Waals surface area (Å²) in [5, 5.41) is 0.